The fraction of sp³-hybridized carbons (Fsp3) is 0.389. The zero-order valence-electron chi connectivity index (χ0n) is 13.1. The van der Waals surface area contributed by atoms with Gasteiger partial charge in [-0.25, -0.2) is 0 Å². The number of pyridine rings is 1. The molecule has 4 heteroatoms. The van der Waals surface area contributed by atoms with E-state index < -0.39 is 5.79 Å². The van der Waals surface area contributed by atoms with Crippen molar-refractivity contribution < 1.29 is 9.47 Å². The van der Waals surface area contributed by atoms with E-state index in [0.29, 0.717) is 0 Å². The normalized spacial score (nSPS) is 29.6. The van der Waals surface area contributed by atoms with Crippen LogP contribution in [-0.2, 0) is 9.47 Å². The standard InChI is InChI=1S/C18H20N2O2/c1-5-12-10-15(17-16(12)21-18(3,4)22-17)20-9-7-13-11(2)19-8-6-14(13)20/h5-10,15-17H,1H2,2-4H3/t15-,16-,17+/m1/s1. The van der Waals surface area contributed by atoms with Crippen LogP contribution in [0.25, 0.3) is 10.9 Å². The van der Waals surface area contributed by atoms with Gasteiger partial charge in [-0.3, -0.25) is 4.98 Å². The largest absolute Gasteiger partial charge is 0.342 e. The highest BCUT2D eigenvalue weighted by molar-refractivity contribution is 5.82. The van der Waals surface area contributed by atoms with Crippen LogP contribution in [0.5, 0.6) is 0 Å². The van der Waals surface area contributed by atoms with Crippen LogP contribution in [0, 0.1) is 6.92 Å². The summed E-state index contributed by atoms with van der Waals surface area (Å²) >= 11 is 0. The SMILES string of the molecule is C=CC1=C[C@@H](n2ccc3c(C)nccc32)[C@@H]2OC(C)(C)O[C@H]12. The molecule has 1 fully saturated rings. The van der Waals surface area contributed by atoms with E-state index in [1.54, 1.807) is 0 Å². The van der Waals surface area contributed by atoms with Crippen LogP contribution in [-0.4, -0.2) is 27.5 Å². The van der Waals surface area contributed by atoms with Crippen molar-refractivity contribution >= 4 is 10.9 Å². The summed E-state index contributed by atoms with van der Waals surface area (Å²) in [6.45, 7) is 9.88. The Morgan fingerprint density at radius 2 is 2.14 bits per heavy atom. The molecule has 2 aliphatic rings. The molecule has 0 saturated carbocycles. The van der Waals surface area contributed by atoms with Crippen LogP contribution >= 0.6 is 0 Å². The quantitative estimate of drug-likeness (QED) is 0.850. The molecule has 0 unspecified atom stereocenters. The zero-order valence-corrected chi connectivity index (χ0v) is 13.1. The molecule has 0 N–H and O–H groups in total. The highest BCUT2D eigenvalue weighted by atomic mass is 16.8. The Labute approximate surface area is 130 Å². The average Bonchev–Trinajstić information content (AvgIpc) is 3.10. The minimum atomic E-state index is -0.559. The van der Waals surface area contributed by atoms with Crippen LogP contribution in [0.15, 0.2) is 48.8 Å². The van der Waals surface area contributed by atoms with Crippen LogP contribution in [0.1, 0.15) is 25.6 Å². The maximum atomic E-state index is 6.16. The molecule has 2 aromatic rings. The summed E-state index contributed by atoms with van der Waals surface area (Å²) in [5.74, 6) is -0.559. The number of nitrogens with zero attached hydrogens (tertiary/aromatic N) is 2. The van der Waals surface area contributed by atoms with Crippen molar-refractivity contribution in [3.05, 3.63) is 54.5 Å². The van der Waals surface area contributed by atoms with E-state index >= 15 is 0 Å². The van der Waals surface area contributed by atoms with E-state index in [1.165, 1.54) is 10.9 Å². The predicted molar refractivity (Wildman–Crippen MR) is 85.6 cm³/mol. The van der Waals surface area contributed by atoms with Crippen LogP contribution < -0.4 is 0 Å². The van der Waals surface area contributed by atoms with Gasteiger partial charge in [0.15, 0.2) is 5.79 Å². The van der Waals surface area contributed by atoms with Gasteiger partial charge in [0.05, 0.1) is 11.6 Å². The lowest BCUT2D eigenvalue weighted by Crippen LogP contribution is -2.27. The van der Waals surface area contributed by atoms with Gasteiger partial charge in [0, 0.05) is 23.5 Å². The van der Waals surface area contributed by atoms with Gasteiger partial charge in [0.2, 0.25) is 0 Å². The van der Waals surface area contributed by atoms with Crippen molar-refractivity contribution in [2.75, 3.05) is 0 Å². The highest BCUT2D eigenvalue weighted by Crippen LogP contribution is 2.44. The van der Waals surface area contributed by atoms with Gasteiger partial charge in [-0.05, 0) is 38.5 Å². The van der Waals surface area contributed by atoms with Crippen molar-refractivity contribution in [3.8, 4) is 0 Å². The highest BCUT2D eigenvalue weighted by Gasteiger charge is 2.49. The Kier molecular flexibility index (Phi) is 2.83. The number of aromatic nitrogens is 2. The molecule has 1 aliphatic carbocycles. The van der Waals surface area contributed by atoms with Crippen molar-refractivity contribution in [1.82, 2.24) is 9.55 Å². The molecule has 22 heavy (non-hydrogen) atoms. The molecule has 3 heterocycles. The lowest BCUT2D eigenvalue weighted by atomic mass is 10.1. The first-order valence-electron chi connectivity index (χ1n) is 7.62. The third-order valence-electron chi connectivity index (χ3n) is 4.56. The van der Waals surface area contributed by atoms with Gasteiger partial charge < -0.3 is 14.0 Å². The van der Waals surface area contributed by atoms with E-state index in [2.05, 4.69) is 40.5 Å². The first-order valence-corrected chi connectivity index (χ1v) is 7.62. The first kappa shape index (κ1) is 13.7. The fourth-order valence-electron chi connectivity index (χ4n) is 3.60. The molecule has 0 aromatic carbocycles. The minimum absolute atomic E-state index is 0.0212. The summed E-state index contributed by atoms with van der Waals surface area (Å²) in [6, 6.07) is 4.28. The van der Waals surface area contributed by atoms with Crippen molar-refractivity contribution in [1.29, 1.82) is 0 Å². The molecule has 3 atom stereocenters. The average molecular weight is 296 g/mol. The van der Waals surface area contributed by atoms with Gasteiger partial charge in [0.25, 0.3) is 0 Å². The van der Waals surface area contributed by atoms with Crippen LogP contribution in [0.2, 0.25) is 0 Å². The Morgan fingerprint density at radius 3 is 2.91 bits per heavy atom. The molecule has 0 radical (unpaired) electrons. The van der Waals surface area contributed by atoms with E-state index in [-0.39, 0.29) is 18.2 Å². The van der Waals surface area contributed by atoms with E-state index in [4.69, 9.17) is 9.47 Å². The molecule has 114 valence electrons. The maximum absolute atomic E-state index is 6.16. The van der Waals surface area contributed by atoms with E-state index in [0.717, 1.165) is 11.3 Å². The molecule has 1 saturated heterocycles. The van der Waals surface area contributed by atoms with Crippen molar-refractivity contribution in [2.45, 2.75) is 44.8 Å². The monoisotopic (exact) mass is 296 g/mol. The topological polar surface area (TPSA) is 36.3 Å². The number of hydrogen-bond acceptors (Lipinski definition) is 3. The van der Waals surface area contributed by atoms with Gasteiger partial charge in [-0.1, -0.05) is 18.7 Å². The Bertz CT molecular complexity index is 787. The molecule has 4 rings (SSSR count). The van der Waals surface area contributed by atoms with Gasteiger partial charge >= 0.3 is 0 Å². The van der Waals surface area contributed by atoms with E-state index in [1.807, 2.05) is 33.0 Å². The lowest BCUT2D eigenvalue weighted by Gasteiger charge is -2.22. The van der Waals surface area contributed by atoms with Gasteiger partial charge in [-0.15, -0.1) is 0 Å². The third-order valence-corrected chi connectivity index (χ3v) is 4.56. The number of rotatable bonds is 2. The molecule has 0 bridgehead atoms. The van der Waals surface area contributed by atoms with Crippen LogP contribution in [0.4, 0.5) is 0 Å². The number of hydrogen-bond donors (Lipinski definition) is 0. The smallest absolute Gasteiger partial charge is 0.164 e. The Morgan fingerprint density at radius 1 is 1.32 bits per heavy atom. The third kappa shape index (κ3) is 1.87. The molecule has 2 aromatic heterocycles. The number of ether oxygens (including phenoxy) is 2. The summed E-state index contributed by atoms with van der Waals surface area (Å²) < 4.78 is 14.5. The second-order valence-corrected chi connectivity index (χ2v) is 6.43. The maximum Gasteiger partial charge on any atom is 0.164 e. The lowest BCUT2D eigenvalue weighted by molar-refractivity contribution is -0.147. The molecule has 0 spiro atoms. The number of aryl methyl sites for hydroxylation is 1. The zero-order chi connectivity index (χ0) is 15.5. The Balaban J connectivity index is 1.83. The second-order valence-electron chi connectivity index (χ2n) is 6.43. The van der Waals surface area contributed by atoms with Crippen LogP contribution in [0.3, 0.4) is 0 Å². The predicted octanol–water partition coefficient (Wildman–Crippen LogP) is 3.53. The van der Waals surface area contributed by atoms with Crippen molar-refractivity contribution in [2.24, 2.45) is 0 Å². The molecule has 1 aliphatic heterocycles. The molecular formula is C18H20N2O2. The van der Waals surface area contributed by atoms with Gasteiger partial charge in [-0.2, -0.15) is 0 Å². The summed E-state index contributed by atoms with van der Waals surface area (Å²) in [4.78, 5) is 4.37. The summed E-state index contributed by atoms with van der Waals surface area (Å²) in [5.41, 5.74) is 3.32. The summed E-state index contributed by atoms with van der Waals surface area (Å²) in [6.07, 6.45) is 7.98. The molecule has 0 amide bonds. The van der Waals surface area contributed by atoms with E-state index in [9.17, 15) is 0 Å². The summed E-state index contributed by atoms with van der Waals surface area (Å²) in [7, 11) is 0. The Hall–Kier alpha value is -1.91. The second kappa shape index (κ2) is 4.54. The fourth-order valence-corrected chi connectivity index (χ4v) is 3.60. The van der Waals surface area contributed by atoms with Crippen molar-refractivity contribution in [3.63, 3.8) is 0 Å². The molecular weight excluding hydrogens is 276 g/mol. The summed E-state index contributed by atoms with van der Waals surface area (Å²) in [5, 5.41) is 1.18. The minimum Gasteiger partial charge on any atom is -0.342 e. The number of fused-ring (bicyclic) bond motifs is 2. The first-order chi connectivity index (χ1) is 10.5. The molecule has 4 nitrogen and oxygen atoms in total. The van der Waals surface area contributed by atoms with Gasteiger partial charge in [0.1, 0.15) is 12.2 Å².